The van der Waals surface area contributed by atoms with Gasteiger partial charge in [0.15, 0.2) is 0 Å². The highest BCUT2D eigenvalue weighted by molar-refractivity contribution is 9.10. The van der Waals surface area contributed by atoms with E-state index in [1.165, 1.54) is 0 Å². The van der Waals surface area contributed by atoms with Gasteiger partial charge in [0.05, 0.1) is 30.1 Å². The van der Waals surface area contributed by atoms with Gasteiger partial charge in [-0.1, -0.05) is 0 Å². The van der Waals surface area contributed by atoms with Gasteiger partial charge in [-0.25, -0.2) is 0 Å². The number of hydrogen-bond donors (Lipinski definition) is 1. The summed E-state index contributed by atoms with van der Waals surface area (Å²) < 4.78 is 5.80. The van der Waals surface area contributed by atoms with Gasteiger partial charge in [-0.2, -0.15) is 0 Å². The number of halogens is 1. The van der Waals surface area contributed by atoms with Gasteiger partial charge in [0.1, 0.15) is 0 Å². The van der Waals surface area contributed by atoms with Crippen molar-refractivity contribution in [2.24, 2.45) is 0 Å². The zero-order valence-corrected chi connectivity index (χ0v) is 8.28. The molecule has 0 aliphatic heterocycles. The van der Waals surface area contributed by atoms with Crippen LogP contribution in [0.25, 0.3) is 11.3 Å². The van der Waals surface area contributed by atoms with Gasteiger partial charge < -0.3 is 10.2 Å². The maximum atomic E-state index is 5.61. The van der Waals surface area contributed by atoms with E-state index >= 15 is 0 Å². The molecule has 0 bridgehead atoms. The fourth-order valence-electron chi connectivity index (χ4n) is 1.01. The summed E-state index contributed by atoms with van der Waals surface area (Å²) in [5, 5.41) is 0. The van der Waals surface area contributed by atoms with Gasteiger partial charge in [0.25, 0.3) is 0 Å². The highest BCUT2D eigenvalue weighted by Crippen LogP contribution is 2.24. The van der Waals surface area contributed by atoms with Crippen molar-refractivity contribution in [2.75, 3.05) is 5.73 Å². The van der Waals surface area contributed by atoms with Crippen LogP contribution in [0, 0.1) is 0 Å². The predicted molar refractivity (Wildman–Crippen MR) is 54.1 cm³/mol. The predicted octanol–water partition coefficient (Wildman–Crippen LogP) is 2.69. The average molecular weight is 239 g/mol. The van der Waals surface area contributed by atoms with Crippen LogP contribution in [0.3, 0.4) is 0 Å². The Morgan fingerprint density at radius 3 is 2.92 bits per heavy atom. The van der Waals surface area contributed by atoms with Crippen molar-refractivity contribution in [1.82, 2.24) is 4.98 Å². The minimum atomic E-state index is 0.632. The molecule has 0 unspecified atom stereocenters. The maximum Gasteiger partial charge on any atom is 0.0996 e. The van der Waals surface area contributed by atoms with Crippen LogP contribution >= 0.6 is 15.9 Å². The molecule has 4 heteroatoms. The molecule has 0 radical (unpaired) electrons. The monoisotopic (exact) mass is 238 g/mol. The first-order valence-corrected chi connectivity index (χ1v) is 4.50. The number of anilines is 1. The summed E-state index contributed by atoms with van der Waals surface area (Å²) in [4.78, 5) is 4.17. The largest absolute Gasteiger partial charge is 0.472 e. The Morgan fingerprint density at radius 1 is 1.46 bits per heavy atom. The van der Waals surface area contributed by atoms with Gasteiger partial charge in [0.2, 0.25) is 0 Å². The number of rotatable bonds is 1. The molecule has 0 amide bonds. The van der Waals surface area contributed by atoms with Gasteiger partial charge in [-0.15, -0.1) is 0 Å². The summed E-state index contributed by atoms with van der Waals surface area (Å²) in [5.41, 5.74) is 8.03. The van der Waals surface area contributed by atoms with E-state index in [0.29, 0.717) is 5.69 Å². The van der Waals surface area contributed by atoms with E-state index in [9.17, 15) is 0 Å². The molecule has 66 valence electrons. The molecule has 0 atom stereocenters. The minimum Gasteiger partial charge on any atom is -0.472 e. The molecule has 0 spiro atoms. The third-order valence-corrected chi connectivity index (χ3v) is 2.39. The van der Waals surface area contributed by atoms with Crippen LogP contribution in [0.15, 0.2) is 39.7 Å². The quantitative estimate of drug-likeness (QED) is 0.832. The van der Waals surface area contributed by atoms with Gasteiger partial charge >= 0.3 is 0 Å². The molecular weight excluding hydrogens is 232 g/mol. The summed E-state index contributed by atoms with van der Waals surface area (Å²) >= 11 is 3.34. The van der Waals surface area contributed by atoms with Crippen LogP contribution in [0.2, 0.25) is 0 Å². The van der Waals surface area contributed by atoms with Crippen molar-refractivity contribution in [3.05, 3.63) is 35.3 Å². The van der Waals surface area contributed by atoms with Crippen molar-refractivity contribution in [3.63, 3.8) is 0 Å². The lowest BCUT2D eigenvalue weighted by molar-refractivity contribution is 0.568. The first-order chi connectivity index (χ1) is 6.27. The SMILES string of the molecule is Nc1cnc(-c2ccoc2)cc1Br. The lowest BCUT2D eigenvalue weighted by Crippen LogP contribution is -1.89. The second-order valence-electron chi connectivity index (χ2n) is 2.60. The maximum absolute atomic E-state index is 5.61. The first kappa shape index (κ1) is 8.31. The van der Waals surface area contributed by atoms with Crippen LogP contribution in [0.1, 0.15) is 0 Å². The van der Waals surface area contributed by atoms with E-state index in [1.54, 1.807) is 18.7 Å². The van der Waals surface area contributed by atoms with E-state index in [-0.39, 0.29) is 0 Å². The summed E-state index contributed by atoms with van der Waals surface area (Å²) in [5.74, 6) is 0. The number of pyridine rings is 1. The van der Waals surface area contributed by atoms with E-state index in [1.807, 2.05) is 12.1 Å². The second kappa shape index (κ2) is 3.22. The summed E-state index contributed by atoms with van der Waals surface area (Å²) in [6, 6.07) is 3.71. The topological polar surface area (TPSA) is 52.0 Å². The fraction of sp³-hybridized carbons (Fsp3) is 0. The number of aromatic nitrogens is 1. The smallest absolute Gasteiger partial charge is 0.0996 e. The van der Waals surface area contributed by atoms with Crippen LogP contribution in [-0.4, -0.2) is 4.98 Å². The third-order valence-electron chi connectivity index (χ3n) is 1.70. The van der Waals surface area contributed by atoms with Gasteiger partial charge in [-0.3, -0.25) is 4.98 Å². The molecule has 0 aromatic carbocycles. The standard InChI is InChI=1S/C9H7BrN2O/c10-7-3-9(12-4-8(7)11)6-1-2-13-5-6/h1-5H,11H2. The Kier molecular flexibility index (Phi) is 2.06. The van der Waals surface area contributed by atoms with E-state index in [0.717, 1.165) is 15.7 Å². The van der Waals surface area contributed by atoms with Crippen molar-refractivity contribution in [1.29, 1.82) is 0 Å². The lowest BCUT2D eigenvalue weighted by Gasteiger charge is -1.99. The molecular formula is C9H7BrN2O. The normalized spacial score (nSPS) is 10.2. The Morgan fingerprint density at radius 2 is 2.31 bits per heavy atom. The lowest BCUT2D eigenvalue weighted by atomic mass is 10.2. The van der Waals surface area contributed by atoms with Crippen LogP contribution < -0.4 is 5.73 Å². The molecule has 0 saturated heterocycles. The Balaban J connectivity index is 2.49. The van der Waals surface area contributed by atoms with Crippen molar-refractivity contribution in [3.8, 4) is 11.3 Å². The molecule has 13 heavy (non-hydrogen) atoms. The zero-order valence-electron chi connectivity index (χ0n) is 6.70. The van der Waals surface area contributed by atoms with E-state index < -0.39 is 0 Å². The summed E-state index contributed by atoms with van der Waals surface area (Å²) in [6.07, 6.45) is 4.87. The van der Waals surface area contributed by atoms with Crippen LogP contribution in [0.5, 0.6) is 0 Å². The molecule has 2 aromatic heterocycles. The molecule has 2 N–H and O–H groups in total. The van der Waals surface area contributed by atoms with Gasteiger partial charge in [-0.05, 0) is 28.1 Å². The highest BCUT2D eigenvalue weighted by atomic mass is 79.9. The van der Waals surface area contributed by atoms with Crippen LogP contribution in [-0.2, 0) is 0 Å². The Bertz CT molecular complexity index is 412. The molecule has 0 aliphatic rings. The van der Waals surface area contributed by atoms with Crippen molar-refractivity contribution >= 4 is 21.6 Å². The Hall–Kier alpha value is -1.29. The molecule has 2 rings (SSSR count). The molecule has 0 aliphatic carbocycles. The molecule has 2 heterocycles. The first-order valence-electron chi connectivity index (χ1n) is 3.71. The number of nitrogens with zero attached hydrogens (tertiary/aromatic N) is 1. The number of hydrogen-bond acceptors (Lipinski definition) is 3. The van der Waals surface area contributed by atoms with Gasteiger partial charge in [0, 0.05) is 10.0 Å². The molecule has 3 nitrogen and oxygen atoms in total. The molecule has 2 aromatic rings. The van der Waals surface area contributed by atoms with E-state index in [2.05, 4.69) is 20.9 Å². The van der Waals surface area contributed by atoms with E-state index in [4.69, 9.17) is 10.2 Å². The fourth-order valence-corrected chi connectivity index (χ4v) is 1.33. The average Bonchev–Trinajstić information content (AvgIpc) is 2.62. The van der Waals surface area contributed by atoms with Crippen molar-refractivity contribution in [2.45, 2.75) is 0 Å². The highest BCUT2D eigenvalue weighted by Gasteiger charge is 2.02. The second-order valence-corrected chi connectivity index (χ2v) is 3.46. The number of nitrogens with two attached hydrogens (primary N) is 1. The minimum absolute atomic E-state index is 0.632. The molecule has 0 fully saturated rings. The summed E-state index contributed by atoms with van der Waals surface area (Å²) in [6.45, 7) is 0. The zero-order chi connectivity index (χ0) is 9.26. The van der Waals surface area contributed by atoms with Crippen LogP contribution in [0.4, 0.5) is 5.69 Å². The third kappa shape index (κ3) is 1.58. The molecule has 0 saturated carbocycles. The summed E-state index contributed by atoms with van der Waals surface area (Å²) in [7, 11) is 0. The number of nitrogen functional groups attached to an aromatic ring is 1. The number of furan rings is 1. The Labute approximate surface area is 83.7 Å². The van der Waals surface area contributed by atoms with Crippen molar-refractivity contribution < 1.29 is 4.42 Å².